The highest BCUT2D eigenvalue weighted by molar-refractivity contribution is 5.86. The summed E-state index contributed by atoms with van der Waals surface area (Å²) in [6.45, 7) is 0.224. The lowest BCUT2D eigenvalue weighted by atomic mass is 10.2. The van der Waals surface area contributed by atoms with Crippen molar-refractivity contribution in [3.8, 4) is 5.75 Å². The van der Waals surface area contributed by atoms with Gasteiger partial charge < -0.3 is 9.47 Å². The van der Waals surface area contributed by atoms with Crippen molar-refractivity contribution >= 4 is 5.97 Å². The molecule has 0 atom stereocenters. The summed E-state index contributed by atoms with van der Waals surface area (Å²) in [7, 11) is 1.60. The molecule has 5 nitrogen and oxygen atoms in total. The number of esters is 1. The maximum Gasteiger partial charge on any atom is 0.356 e. The highest BCUT2D eigenvalue weighted by atomic mass is 16.5. The fourth-order valence-corrected chi connectivity index (χ4v) is 1.32. The van der Waals surface area contributed by atoms with Crippen LogP contribution in [-0.4, -0.2) is 23.3 Å². The summed E-state index contributed by atoms with van der Waals surface area (Å²) < 4.78 is 10.1. The Morgan fingerprint density at radius 1 is 1.29 bits per heavy atom. The lowest BCUT2D eigenvalue weighted by molar-refractivity contribution is 0.0465. The number of benzene rings is 1. The zero-order valence-corrected chi connectivity index (χ0v) is 9.34. The molecule has 0 spiro atoms. The molecule has 0 unspecified atom stereocenters. The van der Waals surface area contributed by atoms with Gasteiger partial charge in [-0.1, -0.05) is 12.1 Å². The fraction of sp³-hybridized carbons (Fsp3) is 0.167. The van der Waals surface area contributed by atoms with Crippen molar-refractivity contribution in [2.75, 3.05) is 7.11 Å². The van der Waals surface area contributed by atoms with Gasteiger partial charge in [-0.2, -0.15) is 5.10 Å². The molecule has 1 N–H and O–H groups in total. The van der Waals surface area contributed by atoms with Crippen LogP contribution in [0.5, 0.6) is 5.75 Å². The molecule has 1 aromatic heterocycles. The van der Waals surface area contributed by atoms with Crippen LogP contribution < -0.4 is 4.74 Å². The highest BCUT2D eigenvalue weighted by Gasteiger charge is 2.07. The maximum atomic E-state index is 11.5. The van der Waals surface area contributed by atoms with Crippen molar-refractivity contribution < 1.29 is 14.3 Å². The molecule has 1 aromatic carbocycles. The molecule has 0 fully saturated rings. The third-order valence-corrected chi connectivity index (χ3v) is 2.25. The maximum absolute atomic E-state index is 11.5. The average molecular weight is 232 g/mol. The third-order valence-electron chi connectivity index (χ3n) is 2.25. The second-order valence-electron chi connectivity index (χ2n) is 3.39. The first-order valence-electron chi connectivity index (χ1n) is 5.09. The third kappa shape index (κ3) is 2.84. The van der Waals surface area contributed by atoms with Crippen molar-refractivity contribution in [2.45, 2.75) is 6.61 Å². The number of ether oxygens (including phenoxy) is 2. The van der Waals surface area contributed by atoms with Crippen LogP contribution in [-0.2, 0) is 11.3 Å². The number of hydrogen-bond donors (Lipinski definition) is 1. The number of methoxy groups -OCH3 is 1. The molecule has 2 rings (SSSR count). The predicted molar refractivity (Wildman–Crippen MR) is 60.7 cm³/mol. The van der Waals surface area contributed by atoms with Crippen LogP contribution in [0.3, 0.4) is 0 Å². The Hall–Kier alpha value is -2.30. The monoisotopic (exact) mass is 232 g/mol. The van der Waals surface area contributed by atoms with Gasteiger partial charge in [-0.25, -0.2) is 4.79 Å². The van der Waals surface area contributed by atoms with Crippen LogP contribution in [0.1, 0.15) is 16.1 Å². The minimum absolute atomic E-state index is 0.224. The minimum atomic E-state index is -0.418. The van der Waals surface area contributed by atoms with Crippen molar-refractivity contribution in [1.29, 1.82) is 0 Å². The molecule has 17 heavy (non-hydrogen) atoms. The smallest absolute Gasteiger partial charge is 0.356 e. The fourth-order valence-electron chi connectivity index (χ4n) is 1.32. The van der Waals surface area contributed by atoms with Gasteiger partial charge in [0.2, 0.25) is 0 Å². The number of nitrogens with one attached hydrogen (secondary N) is 1. The largest absolute Gasteiger partial charge is 0.497 e. The van der Waals surface area contributed by atoms with Gasteiger partial charge in [-0.3, -0.25) is 5.10 Å². The van der Waals surface area contributed by atoms with E-state index in [4.69, 9.17) is 9.47 Å². The number of H-pyrrole nitrogens is 1. The van der Waals surface area contributed by atoms with E-state index in [9.17, 15) is 4.79 Å². The summed E-state index contributed by atoms with van der Waals surface area (Å²) in [4.78, 5) is 11.5. The Bertz CT molecular complexity index is 477. The summed E-state index contributed by atoms with van der Waals surface area (Å²) in [6, 6.07) is 8.90. The molecule has 0 aliphatic carbocycles. The van der Waals surface area contributed by atoms with E-state index in [0.29, 0.717) is 5.69 Å². The van der Waals surface area contributed by atoms with Crippen LogP contribution in [0.25, 0.3) is 0 Å². The van der Waals surface area contributed by atoms with Crippen LogP contribution in [0.4, 0.5) is 0 Å². The Balaban J connectivity index is 1.91. The standard InChI is InChI=1S/C12H12N2O3/c1-16-10-4-2-9(3-5-10)8-17-12(15)11-6-7-13-14-11/h2-7H,8H2,1H3,(H,13,14). The average Bonchev–Trinajstić information content (AvgIpc) is 2.90. The van der Waals surface area contributed by atoms with Crippen LogP contribution in [0, 0.1) is 0 Å². The van der Waals surface area contributed by atoms with Crippen LogP contribution in [0.2, 0.25) is 0 Å². The van der Waals surface area contributed by atoms with Crippen LogP contribution >= 0.6 is 0 Å². The Labute approximate surface area is 98.4 Å². The van der Waals surface area contributed by atoms with E-state index in [-0.39, 0.29) is 6.61 Å². The quantitative estimate of drug-likeness (QED) is 0.816. The first-order valence-corrected chi connectivity index (χ1v) is 5.09. The lowest BCUT2D eigenvalue weighted by Gasteiger charge is -2.04. The Morgan fingerprint density at radius 2 is 2.06 bits per heavy atom. The summed E-state index contributed by atoms with van der Waals surface area (Å²) in [5.41, 5.74) is 1.25. The van der Waals surface area contributed by atoms with E-state index in [1.54, 1.807) is 13.2 Å². The summed E-state index contributed by atoms with van der Waals surface area (Å²) in [6.07, 6.45) is 1.50. The predicted octanol–water partition coefficient (Wildman–Crippen LogP) is 1.78. The minimum Gasteiger partial charge on any atom is -0.497 e. The first kappa shape index (κ1) is 11.2. The van der Waals surface area contributed by atoms with Gasteiger partial charge in [0, 0.05) is 6.20 Å². The Kier molecular flexibility index (Phi) is 3.40. The molecular weight excluding hydrogens is 220 g/mol. The van der Waals surface area contributed by atoms with E-state index in [1.165, 1.54) is 6.20 Å². The number of hydrogen-bond acceptors (Lipinski definition) is 4. The molecule has 0 bridgehead atoms. The number of rotatable bonds is 4. The molecule has 2 aromatic rings. The summed E-state index contributed by atoms with van der Waals surface area (Å²) in [5.74, 6) is 0.354. The molecule has 0 saturated heterocycles. The molecule has 0 aliphatic rings. The van der Waals surface area contributed by atoms with E-state index in [1.807, 2.05) is 24.3 Å². The van der Waals surface area contributed by atoms with E-state index in [2.05, 4.69) is 10.2 Å². The zero-order valence-electron chi connectivity index (χ0n) is 9.34. The van der Waals surface area contributed by atoms with Gasteiger partial charge in [-0.05, 0) is 23.8 Å². The van der Waals surface area contributed by atoms with E-state index < -0.39 is 5.97 Å². The molecule has 0 amide bonds. The van der Waals surface area contributed by atoms with E-state index >= 15 is 0 Å². The number of nitrogens with zero attached hydrogens (tertiary/aromatic N) is 1. The zero-order chi connectivity index (χ0) is 12.1. The summed E-state index contributed by atoms with van der Waals surface area (Å²) >= 11 is 0. The van der Waals surface area contributed by atoms with E-state index in [0.717, 1.165) is 11.3 Å². The number of aromatic nitrogens is 2. The molecule has 0 radical (unpaired) electrons. The molecule has 0 saturated carbocycles. The molecule has 88 valence electrons. The normalized spacial score (nSPS) is 9.94. The molecule has 1 heterocycles. The topological polar surface area (TPSA) is 64.2 Å². The SMILES string of the molecule is COc1ccc(COC(=O)c2ccn[nH]2)cc1. The number of carbonyl (C=O) groups excluding carboxylic acids is 1. The molecular formula is C12H12N2O3. The molecule has 5 heteroatoms. The lowest BCUT2D eigenvalue weighted by Crippen LogP contribution is -2.05. The van der Waals surface area contributed by atoms with Crippen molar-refractivity contribution in [3.63, 3.8) is 0 Å². The second-order valence-corrected chi connectivity index (χ2v) is 3.39. The van der Waals surface area contributed by atoms with Gasteiger partial charge in [0.25, 0.3) is 0 Å². The van der Waals surface area contributed by atoms with Gasteiger partial charge in [-0.15, -0.1) is 0 Å². The van der Waals surface area contributed by atoms with Crippen molar-refractivity contribution in [3.05, 3.63) is 47.8 Å². The highest BCUT2D eigenvalue weighted by Crippen LogP contribution is 2.12. The van der Waals surface area contributed by atoms with Gasteiger partial charge in [0.1, 0.15) is 18.1 Å². The van der Waals surface area contributed by atoms with Gasteiger partial charge in [0.05, 0.1) is 7.11 Å². The molecule has 0 aliphatic heterocycles. The van der Waals surface area contributed by atoms with Crippen molar-refractivity contribution in [2.24, 2.45) is 0 Å². The van der Waals surface area contributed by atoms with Gasteiger partial charge >= 0.3 is 5.97 Å². The van der Waals surface area contributed by atoms with Crippen molar-refractivity contribution in [1.82, 2.24) is 10.2 Å². The Morgan fingerprint density at radius 3 is 2.65 bits per heavy atom. The number of aromatic amines is 1. The number of carbonyl (C=O) groups is 1. The second kappa shape index (κ2) is 5.16. The first-order chi connectivity index (χ1) is 8.29. The van der Waals surface area contributed by atoms with Gasteiger partial charge in [0.15, 0.2) is 0 Å². The van der Waals surface area contributed by atoms with Crippen LogP contribution in [0.15, 0.2) is 36.5 Å². The summed E-state index contributed by atoms with van der Waals surface area (Å²) in [5, 5.41) is 6.23.